The highest BCUT2D eigenvalue weighted by Gasteiger charge is 2.86. The minimum absolute atomic E-state index is 0.464. The molecule has 15 heavy (non-hydrogen) atoms. The molecule has 0 bridgehead atoms. The van der Waals surface area contributed by atoms with Crippen LogP contribution in [-0.4, -0.2) is 61.8 Å². The lowest BCUT2D eigenvalue weighted by molar-refractivity contribution is -0.188. The first-order valence-corrected chi connectivity index (χ1v) is 5.03. The molecule has 1 heterocycles. The average molecular weight is 220 g/mol. The van der Waals surface area contributed by atoms with Crippen LogP contribution < -0.4 is 0 Å². The molecular formula is C9H16O6. The number of aliphatic hydroxyl groups is 5. The molecule has 88 valence electrons. The summed E-state index contributed by atoms with van der Waals surface area (Å²) in [5.41, 5.74) is -1.71. The second-order valence-corrected chi connectivity index (χ2v) is 4.26. The molecule has 1 saturated heterocycles. The zero-order valence-corrected chi connectivity index (χ0v) is 8.37. The van der Waals surface area contributed by atoms with Crippen LogP contribution in [0.4, 0.5) is 0 Å². The Morgan fingerprint density at radius 2 is 2.00 bits per heavy atom. The van der Waals surface area contributed by atoms with Crippen LogP contribution in [-0.2, 0) is 4.74 Å². The van der Waals surface area contributed by atoms with E-state index < -0.39 is 42.2 Å². The molecule has 6 atom stereocenters. The van der Waals surface area contributed by atoms with E-state index in [9.17, 15) is 20.4 Å². The van der Waals surface area contributed by atoms with E-state index in [0.717, 1.165) is 0 Å². The summed E-state index contributed by atoms with van der Waals surface area (Å²) in [7, 11) is 0. The lowest BCUT2D eigenvalue weighted by atomic mass is 10.0. The second kappa shape index (κ2) is 3.13. The summed E-state index contributed by atoms with van der Waals surface area (Å²) in [5, 5.41) is 47.5. The molecule has 1 aliphatic heterocycles. The van der Waals surface area contributed by atoms with Crippen molar-refractivity contribution in [3.05, 3.63) is 0 Å². The Hall–Kier alpha value is -0.240. The van der Waals surface area contributed by atoms with Crippen molar-refractivity contribution in [1.82, 2.24) is 0 Å². The molecule has 0 aromatic rings. The Kier molecular flexibility index (Phi) is 2.35. The zero-order chi connectivity index (χ0) is 11.4. The van der Waals surface area contributed by atoms with Crippen LogP contribution in [0.3, 0.4) is 0 Å². The van der Waals surface area contributed by atoms with Gasteiger partial charge in [0.1, 0.15) is 18.3 Å². The Bertz CT molecular complexity index is 271. The van der Waals surface area contributed by atoms with Crippen molar-refractivity contribution in [3.8, 4) is 0 Å². The Labute approximate surface area is 86.7 Å². The SMILES string of the molecule is CCC1[C@@]2(O)O[C@H]([C@H](O)CO)[C@@H](O)[C@@]12O. The van der Waals surface area contributed by atoms with Crippen molar-refractivity contribution in [3.63, 3.8) is 0 Å². The highest BCUT2D eigenvalue weighted by molar-refractivity contribution is 5.29. The number of ether oxygens (including phenoxy) is 1. The van der Waals surface area contributed by atoms with Gasteiger partial charge in [0.2, 0.25) is 5.79 Å². The molecule has 1 unspecified atom stereocenters. The number of rotatable bonds is 3. The van der Waals surface area contributed by atoms with Crippen molar-refractivity contribution in [1.29, 1.82) is 0 Å². The van der Waals surface area contributed by atoms with Gasteiger partial charge in [0.15, 0.2) is 5.60 Å². The van der Waals surface area contributed by atoms with Crippen molar-refractivity contribution in [2.45, 2.75) is 43.0 Å². The molecule has 0 aromatic heterocycles. The molecule has 2 rings (SSSR count). The van der Waals surface area contributed by atoms with Crippen LogP contribution in [0, 0.1) is 5.92 Å². The van der Waals surface area contributed by atoms with Crippen molar-refractivity contribution in [2.75, 3.05) is 6.61 Å². The molecule has 1 saturated carbocycles. The lowest BCUT2D eigenvalue weighted by Crippen LogP contribution is -2.45. The van der Waals surface area contributed by atoms with E-state index in [4.69, 9.17) is 9.84 Å². The zero-order valence-electron chi connectivity index (χ0n) is 8.37. The van der Waals surface area contributed by atoms with Crippen LogP contribution in [0.2, 0.25) is 0 Å². The van der Waals surface area contributed by atoms with Crippen LogP contribution in [0.5, 0.6) is 0 Å². The van der Waals surface area contributed by atoms with Gasteiger partial charge in [-0.25, -0.2) is 0 Å². The van der Waals surface area contributed by atoms with Gasteiger partial charge in [0.05, 0.1) is 12.5 Å². The second-order valence-electron chi connectivity index (χ2n) is 4.26. The monoisotopic (exact) mass is 220 g/mol. The van der Waals surface area contributed by atoms with Crippen LogP contribution >= 0.6 is 0 Å². The third-order valence-electron chi connectivity index (χ3n) is 3.55. The molecule has 0 spiro atoms. The summed E-state index contributed by atoms with van der Waals surface area (Å²) in [6, 6.07) is 0. The summed E-state index contributed by atoms with van der Waals surface area (Å²) in [5.74, 6) is -2.32. The van der Waals surface area contributed by atoms with Crippen molar-refractivity contribution < 1.29 is 30.3 Å². The molecule has 0 radical (unpaired) electrons. The molecule has 5 N–H and O–H groups in total. The Balaban J connectivity index is 2.17. The summed E-state index contributed by atoms with van der Waals surface area (Å²) >= 11 is 0. The van der Waals surface area contributed by atoms with Gasteiger partial charge in [-0.05, 0) is 6.42 Å². The Morgan fingerprint density at radius 3 is 2.33 bits per heavy atom. The van der Waals surface area contributed by atoms with Gasteiger partial charge in [-0.15, -0.1) is 0 Å². The fourth-order valence-electron chi connectivity index (χ4n) is 2.61. The van der Waals surface area contributed by atoms with Crippen molar-refractivity contribution in [2.24, 2.45) is 5.92 Å². The van der Waals surface area contributed by atoms with Gasteiger partial charge in [-0.3, -0.25) is 0 Å². The predicted octanol–water partition coefficient (Wildman–Crippen LogP) is -2.44. The normalized spacial score (nSPS) is 55.2. The summed E-state index contributed by atoms with van der Waals surface area (Å²) in [6.07, 6.45) is -3.37. The third kappa shape index (κ3) is 1.09. The summed E-state index contributed by atoms with van der Waals surface area (Å²) in [6.45, 7) is 1.16. The third-order valence-corrected chi connectivity index (χ3v) is 3.55. The molecule has 6 heteroatoms. The standard InChI is InChI=1S/C9H16O6/c1-2-5-8(13)7(12)6(4(11)3-10)15-9(5,8)14/h4-7,10-14H,2-3H2,1H3/t4-,5?,6-,7-,8+,9-/m1/s1. The fraction of sp³-hybridized carbons (Fsp3) is 1.00. The quantitative estimate of drug-likeness (QED) is 0.361. The van der Waals surface area contributed by atoms with Gasteiger partial charge in [-0.1, -0.05) is 6.92 Å². The number of hydrogen-bond donors (Lipinski definition) is 5. The molecule has 0 aromatic carbocycles. The summed E-state index contributed by atoms with van der Waals surface area (Å²) < 4.78 is 5.04. The van der Waals surface area contributed by atoms with Crippen LogP contribution in [0.1, 0.15) is 13.3 Å². The summed E-state index contributed by atoms with van der Waals surface area (Å²) in [4.78, 5) is 0. The van der Waals surface area contributed by atoms with Gasteiger partial charge in [0, 0.05) is 0 Å². The van der Waals surface area contributed by atoms with Gasteiger partial charge >= 0.3 is 0 Å². The highest BCUT2D eigenvalue weighted by Crippen LogP contribution is 2.64. The minimum Gasteiger partial charge on any atom is -0.394 e. The van der Waals surface area contributed by atoms with E-state index in [1.165, 1.54) is 0 Å². The first-order valence-electron chi connectivity index (χ1n) is 5.03. The number of aliphatic hydroxyl groups excluding tert-OH is 3. The largest absolute Gasteiger partial charge is 0.394 e. The molecular weight excluding hydrogens is 204 g/mol. The lowest BCUT2D eigenvalue weighted by Gasteiger charge is -2.24. The molecule has 6 nitrogen and oxygen atoms in total. The molecule has 2 fully saturated rings. The van der Waals surface area contributed by atoms with E-state index in [0.29, 0.717) is 6.42 Å². The maximum absolute atomic E-state index is 9.95. The van der Waals surface area contributed by atoms with E-state index in [1.54, 1.807) is 6.92 Å². The van der Waals surface area contributed by atoms with Gasteiger partial charge in [0.25, 0.3) is 0 Å². The fourth-order valence-corrected chi connectivity index (χ4v) is 2.61. The topological polar surface area (TPSA) is 110 Å². The maximum atomic E-state index is 9.95. The Morgan fingerprint density at radius 1 is 1.40 bits per heavy atom. The molecule has 2 aliphatic rings. The van der Waals surface area contributed by atoms with E-state index in [2.05, 4.69) is 0 Å². The maximum Gasteiger partial charge on any atom is 0.204 e. The first-order chi connectivity index (χ1) is 6.93. The number of hydrogen-bond acceptors (Lipinski definition) is 6. The molecule has 0 amide bonds. The average Bonchev–Trinajstić information content (AvgIpc) is 2.62. The predicted molar refractivity (Wildman–Crippen MR) is 47.7 cm³/mol. The smallest absolute Gasteiger partial charge is 0.204 e. The van der Waals surface area contributed by atoms with Crippen molar-refractivity contribution >= 4 is 0 Å². The highest BCUT2D eigenvalue weighted by atomic mass is 16.7. The van der Waals surface area contributed by atoms with E-state index in [1.807, 2.05) is 0 Å². The number of fused-ring (bicyclic) bond motifs is 1. The van der Waals surface area contributed by atoms with E-state index >= 15 is 0 Å². The van der Waals surface area contributed by atoms with E-state index in [-0.39, 0.29) is 0 Å². The van der Waals surface area contributed by atoms with Crippen LogP contribution in [0.25, 0.3) is 0 Å². The van der Waals surface area contributed by atoms with Gasteiger partial charge in [-0.2, -0.15) is 0 Å². The van der Waals surface area contributed by atoms with Gasteiger partial charge < -0.3 is 30.3 Å². The van der Waals surface area contributed by atoms with Crippen LogP contribution in [0.15, 0.2) is 0 Å². The first kappa shape index (κ1) is 11.3. The minimum atomic E-state index is -1.78. The molecule has 1 aliphatic carbocycles.